The molecule has 3 nitrogen and oxygen atoms in total. The van der Waals surface area contributed by atoms with E-state index in [0.29, 0.717) is 41.9 Å². The predicted molar refractivity (Wildman–Crippen MR) is 112 cm³/mol. The second-order valence-electron chi connectivity index (χ2n) is 6.12. The van der Waals surface area contributed by atoms with E-state index in [4.69, 9.17) is 24.2 Å². The molecular weight excluding hydrogens is 420 g/mol. The van der Waals surface area contributed by atoms with E-state index >= 15 is 0 Å². The van der Waals surface area contributed by atoms with Gasteiger partial charge in [0, 0.05) is 34.8 Å². The monoisotopic (exact) mass is 436 g/mol. The number of alkyl halides is 3. The average Bonchev–Trinajstić information content (AvgIpc) is 3.17. The molecule has 0 N–H and O–H groups in total. The van der Waals surface area contributed by atoms with Crippen LogP contribution in [0.25, 0.3) is 11.3 Å². The second kappa shape index (κ2) is 9.65. The molecule has 2 aromatic carbocycles. The van der Waals surface area contributed by atoms with E-state index in [-0.39, 0.29) is 0 Å². The number of thiazole rings is 1. The molecule has 0 saturated carbocycles. The van der Waals surface area contributed by atoms with Gasteiger partial charge in [-0.1, -0.05) is 30.1 Å². The van der Waals surface area contributed by atoms with Crippen LogP contribution in [0.4, 0.5) is 24.0 Å². The molecule has 0 saturated heterocycles. The molecule has 29 heavy (non-hydrogen) atoms. The van der Waals surface area contributed by atoms with Crippen LogP contribution in [0.15, 0.2) is 53.9 Å². The molecule has 3 aromatic rings. The average molecular weight is 437 g/mol. The van der Waals surface area contributed by atoms with Crippen LogP contribution >= 0.6 is 22.9 Å². The zero-order chi connectivity index (χ0) is 20.9. The summed E-state index contributed by atoms with van der Waals surface area (Å²) in [7, 11) is 5.44. The first-order valence-corrected chi connectivity index (χ1v) is 10.1. The summed E-state index contributed by atoms with van der Waals surface area (Å²) >= 11 is 7.45. The lowest BCUT2D eigenvalue weighted by molar-refractivity contribution is -0.137. The van der Waals surface area contributed by atoms with Crippen LogP contribution in [-0.2, 0) is 10.9 Å². The second-order valence-corrected chi connectivity index (χ2v) is 7.40. The van der Waals surface area contributed by atoms with Crippen molar-refractivity contribution in [2.24, 2.45) is 0 Å². The summed E-state index contributed by atoms with van der Waals surface area (Å²) in [6, 6.07) is 12.3. The Morgan fingerprint density at radius 3 is 2.52 bits per heavy atom. The Morgan fingerprint density at radius 2 is 1.86 bits per heavy atom. The van der Waals surface area contributed by atoms with Crippen molar-refractivity contribution >= 4 is 41.6 Å². The van der Waals surface area contributed by atoms with Gasteiger partial charge in [0.15, 0.2) is 5.13 Å². The van der Waals surface area contributed by atoms with E-state index in [1.54, 1.807) is 6.07 Å². The van der Waals surface area contributed by atoms with Gasteiger partial charge in [-0.2, -0.15) is 13.2 Å². The van der Waals surface area contributed by atoms with Crippen LogP contribution in [0.5, 0.6) is 0 Å². The largest absolute Gasteiger partial charge is 0.416 e. The summed E-state index contributed by atoms with van der Waals surface area (Å²) < 4.78 is 44.1. The van der Waals surface area contributed by atoms with Crippen molar-refractivity contribution in [3.05, 3.63) is 64.5 Å². The predicted octanol–water partition coefficient (Wildman–Crippen LogP) is 6.22. The topological polar surface area (TPSA) is 25.4 Å². The van der Waals surface area contributed by atoms with Gasteiger partial charge in [0.05, 0.1) is 25.7 Å². The molecule has 0 unspecified atom stereocenters. The van der Waals surface area contributed by atoms with Crippen molar-refractivity contribution in [3.8, 4) is 11.3 Å². The van der Waals surface area contributed by atoms with Crippen LogP contribution in [-0.4, -0.2) is 32.6 Å². The van der Waals surface area contributed by atoms with E-state index in [1.807, 2.05) is 28.5 Å². The normalized spacial score (nSPS) is 11.6. The maximum Gasteiger partial charge on any atom is 0.416 e. The molecule has 0 atom stereocenters. The molecule has 0 bridgehead atoms. The fourth-order valence-corrected chi connectivity index (χ4v) is 3.75. The first kappa shape index (κ1) is 21.7. The fourth-order valence-electron chi connectivity index (χ4n) is 2.68. The summed E-state index contributed by atoms with van der Waals surface area (Å²) in [6.45, 7) is 1.20. The van der Waals surface area contributed by atoms with Crippen molar-refractivity contribution in [2.75, 3.05) is 24.7 Å². The number of hydrogen-bond acceptors (Lipinski definition) is 4. The van der Waals surface area contributed by atoms with Crippen LogP contribution in [0.3, 0.4) is 0 Å². The highest BCUT2D eigenvalue weighted by Gasteiger charge is 2.30. The third-order valence-electron chi connectivity index (χ3n) is 4.07. The van der Waals surface area contributed by atoms with Gasteiger partial charge in [0.25, 0.3) is 0 Å². The zero-order valence-corrected chi connectivity index (χ0v) is 16.9. The van der Waals surface area contributed by atoms with E-state index < -0.39 is 11.7 Å². The fraction of sp³-hybridized carbons (Fsp3) is 0.250. The Labute approximate surface area is 177 Å². The summed E-state index contributed by atoms with van der Waals surface area (Å²) in [6.07, 6.45) is -3.98. The van der Waals surface area contributed by atoms with Gasteiger partial charge < -0.3 is 9.64 Å². The molecule has 0 aliphatic carbocycles. The van der Waals surface area contributed by atoms with Gasteiger partial charge in [-0.3, -0.25) is 0 Å². The highest BCUT2D eigenvalue weighted by molar-refractivity contribution is 7.14. The quantitative estimate of drug-likeness (QED) is 0.309. The maximum absolute atomic E-state index is 12.9. The number of halogens is 4. The third-order valence-corrected chi connectivity index (χ3v) is 5.17. The molecule has 0 aliphatic rings. The van der Waals surface area contributed by atoms with Crippen molar-refractivity contribution in [1.82, 2.24) is 4.98 Å². The minimum absolute atomic E-state index is 0.365. The number of benzene rings is 2. The Morgan fingerprint density at radius 1 is 1.10 bits per heavy atom. The molecule has 0 aliphatic heterocycles. The molecular formula is C20H17BClF3N2OS. The van der Waals surface area contributed by atoms with Gasteiger partial charge in [-0.05, 0) is 36.4 Å². The lowest BCUT2D eigenvalue weighted by Crippen LogP contribution is -2.22. The number of ether oxygens (including phenoxy) is 1. The first-order chi connectivity index (χ1) is 13.9. The third kappa shape index (κ3) is 5.75. The molecule has 150 valence electrons. The summed E-state index contributed by atoms with van der Waals surface area (Å²) in [5, 5.41) is 3.14. The summed E-state index contributed by atoms with van der Waals surface area (Å²) in [5.74, 6) is 0. The standard InChI is InChI=1S/C20H17BClF3N2OS/c21-8-10-28-11-9-27(17-6-4-15(5-7-17)20(23,24)25)19-26-18(13-29-19)14-2-1-3-16(22)12-14/h1-7,12-13H,8-11H2. The molecule has 3 rings (SSSR count). The van der Waals surface area contributed by atoms with Gasteiger partial charge in [-0.15, -0.1) is 11.3 Å². The van der Waals surface area contributed by atoms with Gasteiger partial charge >= 0.3 is 6.18 Å². The Balaban J connectivity index is 1.87. The Hall–Kier alpha value is -2.03. The molecule has 0 amide bonds. The van der Waals surface area contributed by atoms with Gasteiger partial charge in [-0.25, -0.2) is 4.98 Å². The van der Waals surface area contributed by atoms with E-state index in [2.05, 4.69) is 4.98 Å². The lowest BCUT2D eigenvalue weighted by Gasteiger charge is -2.22. The molecule has 0 fully saturated rings. The van der Waals surface area contributed by atoms with Crippen LogP contribution in [0, 0.1) is 0 Å². The van der Waals surface area contributed by atoms with Crippen molar-refractivity contribution in [2.45, 2.75) is 12.5 Å². The van der Waals surface area contributed by atoms with Crippen LogP contribution in [0.2, 0.25) is 11.3 Å². The number of anilines is 2. The Bertz CT molecular complexity index is 934. The van der Waals surface area contributed by atoms with Crippen molar-refractivity contribution < 1.29 is 17.9 Å². The highest BCUT2D eigenvalue weighted by Crippen LogP contribution is 2.35. The van der Waals surface area contributed by atoms with Crippen molar-refractivity contribution in [1.29, 1.82) is 0 Å². The Kier molecular flexibility index (Phi) is 7.21. The molecule has 9 heteroatoms. The molecule has 1 aromatic heterocycles. The zero-order valence-electron chi connectivity index (χ0n) is 15.3. The number of hydrogen-bond donors (Lipinski definition) is 0. The number of nitrogens with zero attached hydrogens (tertiary/aromatic N) is 2. The van der Waals surface area contributed by atoms with Gasteiger partial charge in [0.2, 0.25) is 0 Å². The highest BCUT2D eigenvalue weighted by atomic mass is 35.5. The SMILES string of the molecule is [B]CCOCCN(c1ccc(C(F)(F)F)cc1)c1nc(-c2cccc(Cl)c2)cs1. The van der Waals surface area contributed by atoms with Gasteiger partial charge in [0.1, 0.15) is 0 Å². The van der Waals surface area contributed by atoms with E-state index in [1.165, 1.54) is 23.5 Å². The molecule has 1 heterocycles. The molecule has 2 radical (unpaired) electrons. The van der Waals surface area contributed by atoms with Crippen molar-refractivity contribution in [3.63, 3.8) is 0 Å². The number of rotatable bonds is 8. The minimum Gasteiger partial charge on any atom is -0.380 e. The minimum atomic E-state index is -4.38. The summed E-state index contributed by atoms with van der Waals surface area (Å²) in [5.41, 5.74) is 1.51. The summed E-state index contributed by atoms with van der Waals surface area (Å²) in [4.78, 5) is 6.48. The van der Waals surface area contributed by atoms with Crippen LogP contribution in [0.1, 0.15) is 5.56 Å². The van der Waals surface area contributed by atoms with Crippen LogP contribution < -0.4 is 4.90 Å². The first-order valence-electron chi connectivity index (χ1n) is 8.82. The lowest BCUT2D eigenvalue weighted by atomic mass is 10.1. The van der Waals surface area contributed by atoms with E-state index in [0.717, 1.165) is 23.4 Å². The molecule has 0 spiro atoms. The maximum atomic E-state index is 12.9. The number of aromatic nitrogens is 1. The van der Waals surface area contributed by atoms with E-state index in [9.17, 15) is 13.2 Å². The smallest absolute Gasteiger partial charge is 0.380 e.